The lowest BCUT2D eigenvalue weighted by Crippen LogP contribution is -2.42. The fraction of sp³-hybridized carbons (Fsp3) is 0.474. The van der Waals surface area contributed by atoms with Crippen LogP contribution >= 0.6 is 0 Å². The van der Waals surface area contributed by atoms with Gasteiger partial charge in [-0.25, -0.2) is 8.42 Å². The Morgan fingerprint density at radius 2 is 2.14 bits per heavy atom. The van der Waals surface area contributed by atoms with E-state index in [1.54, 1.807) is 32.0 Å². The van der Waals surface area contributed by atoms with Gasteiger partial charge in [0, 0.05) is 24.7 Å². The Balaban J connectivity index is 1.89. The van der Waals surface area contributed by atoms with Crippen LogP contribution in [-0.2, 0) is 19.6 Å². The predicted octanol–water partition coefficient (Wildman–Crippen LogP) is 2.62. The van der Waals surface area contributed by atoms with Crippen molar-refractivity contribution in [3.63, 3.8) is 0 Å². The Bertz CT molecular complexity index is 953. The van der Waals surface area contributed by atoms with Crippen LogP contribution in [-0.4, -0.2) is 50.7 Å². The summed E-state index contributed by atoms with van der Waals surface area (Å²) in [5.74, 6) is -0.0683. The van der Waals surface area contributed by atoms with Gasteiger partial charge in [-0.15, -0.1) is 0 Å². The molecule has 1 fully saturated rings. The van der Waals surface area contributed by atoms with Crippen LogP contribution in [0.3, 0.4) is 0 Å². The maximum Gasteiger partial charge on any atom is 0.310 e. The topological polar surface area (TPSA) is 98.9 Å². The lowest BCUT2D eigenvalue weighted by Gasteiger charge is -2.31. The predicted molar refractivity (Wildman–Crippen MR) is 101 cm³/mol. The number of sulfonamides is 1. The number of esters is 1. The molecule has 0 radical (unpaired) electrons. The monoisotopic (exact) mass is 408 g/mol. The number of rotatable bonds is 6. The number of carbonyl (C=O) groups is 1. The minimum absolute atomic E-state index is 0.0551. The number of aryl methyl sites for hydroxylation is 1. The van der Waals surface area contributed by atoms with E-state index in [0.717, 1.165) is 5.69 Å². The van der Waals surface area contributed by atoms with E-state index < -0.39 is 15.9 Å². The quantitative estimate of drug-likeness (QED) is 0.678. The van der Waals surface area contributed by atoms with Gasteiger partial charge in [0.2, 0.25) is 10.0 Å². The maximum absolute atomic E-state index is 13.2. The van der Waals surface area contributed by atoms with E-state index >= 15 is 0 Å². The van der Waals surface area contributed by atoms with Crippen molar-refractivity contribution in [2.45, 2.75) is 31.6 Å². The third kappa shape index (κ3) is 4.05. The first-order valence-corrected chi connectivity index (χ1v) is 10.6. The van der Waals surface area contributed by atoms with Crippen LogP contribution in [0, 0.1) is 12.8 Å². The number of nitrogens with zero attached hydrogens (tertiary/aromatic N) is 2. The summed E-state index contributed by atoms with van der Waals surface area (Å²) in [7, 11) is -2.41. The molecule has 0 unspecified atom stereocenters. The van der Waals surface area contributed by atoms with E-state index in [4.69, 9.17) is 14.0 Å². The number of hydrogen-bond donors (Lipinski definition) is 0. The molecule has 2 heterocycles. The average Bonchev–Trinajstić information content (AvgIpc) is 3.14. The zero-order chi connectivity index (χ0) is 20.3. The number of methoxy groups -OCH3 is 1. The number of ether oxygens (including phenoxy) is 2. The van der Waals surface area contributed by atoms with E-state index in [9.17, 15) is 13.2 Å². The molecule has 1 aromatic heterocycles. The minimum atomic E-state index is -3.83. The van der Waals surface area contributed by atoms with Gasteiger partial charge >= 0.3 is 5.97 Å². The molecule has 1 aliphatic rings. The molecule has 9 heteroatoms. The molecule has 0 amide bonds. The fourth-order valence-corrected chi connectivity index (χ4v) is 4.95. The second-order valence-corrected chi connectivity index (χ2v) is 8.56. The largest absolute Gasteiger partial charge is 0.495 e. The van der Waals surface area contributed by atoms with Gasteiger partial charge in [0.25, 0.3) is 0 Å². The molecule has 8 nitrogen and oxygen atoms in total. The molecule has 2 aromatic rings. The molecular formula is C19H24N2O6S. The van der Waals surface area contributed by atoms with Crippen LogP contribution in [0.2, 0.25) is 0 Å². The molecule has 152 valence electrons. The van der Waals surface area contributed by atoms with Crippen LogP contribution in [0.15, 0.2) is 33.7 Å². The highest BCUT2D eigenvalue weighted by Gasteiger charge is 2.35. The van der Waals surface area contributed by atoms with Crippen molar-refractivity contribution < 1.29 is 27.2 Å². The molecule has 28 heavy (non-hydrogen) atoms. The van der Waals surface area contributed by atoms with Crippen molar-refractivity contribution in [2.75, 3.05) is 26.8 Å². The summed E-state index contributed by atoms with van der Waals surface area (Å²) >= 11 is 0. The Morgan fingerprint density at radius 3 is 2.79 bits per heavy atom. The van der Waals surface area contributed by atoms with Crippen molar-refractivity contribution in [1.82, 2.24) is 9.46 Å². The molecule has 1 atom stereocenters. The second-order valence-electron chi connectivity index (χ2n) is 6.65. The molecule has 0 bridgehead atoms. The number of aromatic nitrogens is 1. The zero-order valence-electron chi connectivity index (χ0n) is 16.2. The van der Waals surface area contributed by atoms with Gasteiger partial charge in [-0.1, -0.05) is 5.16 Å². The molecular weight excluding hydrogens is 384 g/mol. The number of carbonyl (C=O) groups excluding carboxylic acids is 1. The Hall–Kier alpha value is -2.39. The Labute approximate surface area is 164 Å². The van der Waals surface area contributed by atoms with Crippen molar-refractivity contribution >= 4 is 16.0 Å². The summed E-state index contributed by atoms with van der Waals surface area (Å²) in [6.07, 6.45) is 1.21. The highest BCUT2D eigenvalue weighted by molar-refractivity contribution is 7.89. The molecule has 0 N–H and O–H groups in total. The second kappa shape index (κ2) is 8.32. The lowest BCUT2D eigenvalue weighted by atomic mass is 10.0. The van der Waals surface area contributed by atoms with Crippen molar-refractivity contribution in [3.8, 4) is 17.1 Å². The highest BCUT2D eigenvalue weighted by atomic mass is 32.2. The first kappa shape index (κ1) is 20.3. The van der Waals surface area contributed by atoms with Crippen LogP contribution in [0.25, 0.3) is 11.3 Å². The summed E-state index contributed by atoms with van der Waals surface area (Å²) in [5, 5.41) is 3.85. The van der Waals surface area contributed by atoms with Crippen molar-refractivity contribution in [1.29, 1.82) is 0 Å². The number of hydrogen-bond acceptors (Lipinski definition) is 7. The minimum Gasteiger partial charge on any atom is -0.495 e. The normalized spacial score (nSPS) is 18.0. The first-order valence-electron chi connectivity index (χ1n) is 9.15. The first-order chi connectivity index (χ1) is 13.4. The number of benzene rings is 1. The Morgan fingerprint density at radius 1 is 1.36 bits per heavy atom. The lowest BCUT2D eigenvalue weighted by molar-refractivity contribution is -0.149. The van der Waals surface area contributed by atoms with Gasteiger partial charge in [0.1, 0.15) is 10.6 Å². The van der Waals surface area contributed by atoms with Gasteiger partial charge in [-0.05, 0) is 44.9 Å². The molecule has 1 aliphatic heterocycles. The maximum atomic E-state index is 13.2. The summed E-state index contributed by atoms with van der Waals surface area (Å²) in [4.78, 5) is 12.1. The summed E-state index contributed by atoms with van der Waals surface area (Å²) in [6.45, 7) is 4.27. The standard InChI is InChI=1S/C19H24N2O6S/c1-4-26-19(22)15-6-5-9-21(12-15)28(23,24)18-8-7-14(11-17(18)25-3)16-10-13(2)20-27-16/h7-8,10-11,15H,4-6,9,12H2,1-3H3/t15-/m0/s1. The van der Waals surface area contributed by atoms with Crippen LogP contribution in [0.4, 0.5) is 0 Å². The molecule has 1 aromatic carbocycles. The van der Waals surface area contributed by atoms with Gasteiger partial charge in [-0.3, -0.25) is 4.79 Å². The molecule has 3 rings (SSSR count). The van der Waals surface area contributed by atoms with E-state index in [1.165, 1.54) is 17.5 Å². The Kier molecular flexibility index (Phi) is 6.04. The fourth-order valence-electron chi connectivity index (χ4n) is 3.29. The summed E-state index contributed by atoms with van der Waals surface area (Å²) in [5.41, 5.74) is 1.39. The van der Waals surface area contributed by atoms with Crippen molar-refractivity contribution in [2.24, 2.45) is 5.92 Å². The molecule has 1 saturated heterocycles. The van der Waals surface area contributed by atoms with E-state index in [1.807, 2.05) is 0 Å². The van der Waals surface area contributed by atoms with Gasteiger partial charge in [-0.2, -0.15) is 4.31 Å². The molecule has 0 saturated carbocycles. The van der Waals surface area contributed by atoms with E-state index in [2.05, 4.69) is 5.16 Å². The average molecular weight is 408 g/mol. The summed E-state index contributed by atoms with van der Waals surface area (Å²) in [6, 6.07) is 6.52. The zero-order valence-corrected chi connectivity index (χ0v) is 17.0. The van der Waals surface area contributed by atoms with E-state index in [0.29, 0.717) is 30.7 Å². The van der Waals surface area contributed by atoms with Gasteiger partial charge < -0.3 is 14.0 Å². The third-order valence-electron chi connectivity index (χ3n) is 4.70. The van der Waals surface area contributed by atoms with Crippen LogP contribution in [0.1, 0.15) is 25.5 Å². The van der Waals surface area contributed by atoms with Gasteiger partial charge in [0.15, 0.2) is 5.76 Å². The van der Waals surface area contributed by atoms with Gasteiger partial charge in [0.05, 0.1) is 25.3 Å². The molecule has 0 aliphatic carbocycles. The third-order valence-corrected chi connectivity index (χ3v) is 6.60. The van der Waals surface area contributed by atoms with Crippen molar-refractivity contribution in [3.05, 3.63) is 30.0 Å². The van der Waals surface area contributed by atoms with Crippen LogP contribution < -0.4 is 4.74 Å². The molecule has 0 spiro atoms. The summed E-state index contributed by atoms with van der Waals surface area (Å²) < 4.78 is 43.4. The van der Waals surface area contributed by atoms with E-state index in [-0.39, 0.29) is 29.8 Å². The number of piperidine rings is 1. The van der Waals surface area contributed by atoms with Crippen LogP contribution in [0.5, 0.6) is 5.75 Å². The smallest absolute Gasteiger partial charge is 0.310 e. The SMILES string of the molecule is CCOC(=O)[C@H]1CCCN(S(=O)(=O)c2ccc(-c3cc(C)no3)cc2OC)C1. The highest BCUT2D eigenvalue weighted by Crippen LogP contribution is 2.33.